The van der Waals surface area contributed by atoms with Gasteiger partial charge >= 0.3 is 0 Å². The van der Waals surface area contributed by atoms with Gasteiger partial charge in [0.2, 0.25) is 0 Å². The van der Waals surface area contributed by atoms with Crippen LogP contribution in [0, 0.1) is 11.3 Å². The normalized spacial score (nSPS) is 9.90. The van der Waals surface area contributed by atoms with Crippen LogP contribution in [0.25, 0.3) is 0 Å². The lowest BCUT2D eigenvalue weighted by atomic mass is 10.3. The zero-order chi connectivity index (χ0) is 7.40. The molecule has 10 heavy (non-hydrogen) atoms. The number of thiophene rings is 1. The van der Waals surface area contributed by atoms with Gasteiger partial charge in [0.1, 0.15) is 6.07 Å². The highest BCUT2D eigenvalue weighted by Crippen LogP contribution is 2.12. The molecule has 4 heteroatoms. The third kappa shape index (κ3) is 1.14. The van der Waals surface area contributed by atoms with Crippen LogP contribution in [-0.4, -0.2) is 11.4 Å². The molecule has 3 nitrogen and oxygen atoms in total. The first-order valence-electron chi connectivity index (χ1n) is 2.53. The second-order valence-electron chi connectivity index (χ2n) is 1.55. The summed E-state index contributed by atoms with van der Waals surface area (Å²) in [6.07, 6.45) is 1.25. The molecule has 0 spiro atoms. The second-order valence-corrected chi connectivity index (χ2v) is 2.50. The van der Waals surface area contributed by atoms with Crippen molar-refractivity contribution >= 4 is 17.6 Å². The molecule has 1 aromatic rings. The topological polar surface area (TPSA) is 56.4 Å². The van der Waals surface area contributed by atoms with Gasteiger partial charge in [0.15, 0.2) is 0 Å². The van der Waals surface area contributed by atoms with Crippen LogP contribution in [-0.2, 0) is 0 Å². The smallest absolute Gasteiger partial charge is 0.101 e. The Hall–Kier alpha value is -1.34. The molecule has 50 valence electrons. The highest BCUT2D eigenvalue weighted by atomic mass is 32.1. The molecule has 0 amide bonds. The molecule has 0 aliphatic rings. The minimum Gasteiger partial charge on any atom is -0.411 e. The van der Waals surface area contributed by atoms with Gasteiger partial charge in [-0.3, -0.25) is 0 Å². The molecule has 0 aliphatic heterocycles. The number of nitrogens with zero attached hydrogens (tertiary/aromatic N) is 2. The summed E-state index contributed by atoms with van der Waals surface area (Å²) in [5, 5.41) is 21.2. The SMILES string of the molecule is N#Cc1ccsc1/C=N/O. The zero-order valence-electron chi connectivity index (χ0n) is 4.98. The van der Waals surface area contributed by atoms with Gasteiger partial charge in [0.25, 0.3) is 0 Å². The number of hydrogen-bond donors (Lipinski definition) is 1. The van der Waals surface area contributed by atoms with E-state index in [1.54, 1.807) is 11.4 Å². The lowest BCUT2D eigenvalue weighted by molar-refractivity contribution is 0.322. The fraction of sp³-hybridized carbons (Fsp3) is 0. The summed E-state index contributed by atoms with van der Waals surface area (Å²) in [5.41, 5.74) is 0.544. The van der Waals surface area contributed by atoms with Gasteiger partial charge in [0, 0.05) is 0 Å². The molecule has 0 saturated carbocycles. The van der Waals surface area contributed by atoms with Gasteiger partial charge in [-0.1, -0.05) is 5.16 Å². The first kappa shape index (κ1) is 6.78. The van der Waals surface area contributed by atoms with E-state index in [0.29, 0.717) is 10.4 Å². The molecule has 0 saturated heterocycles. The molecular weight excluding hydrogens is 148 g/mol. The maximum absolute atomic E-state index is 8.45. The number of nitriles is 1. The van der Waals surface area contributed by atoms with Crippen LogP contribution < -0.4 is 0 Å². The van der Waals surface area contributed by atoms with Gasteiger partial charge in [-0.2, -0.15) is 5.26 Å². The summed E-state index contributed by atoms with van der Waals surface area (Å²) in [5.74, 6) is 0. The van der Waals surface area contributed by atoms with Crippen molar-refractivity contribution in [2.24, 2.45) is 5.16 Å². The third-order valence-electron chi connectivity index (χ3n) is 0.991. The lowest BCUT2D eigenvalue weighted by Crippen LogP contribution is -1.77. The van der Waals surface area contributed by atoms with Crippen LogP contribution >= 0.6 is 11.3 Å². The Labute approximate surface area is 61.8 Å². The summed E-state index contributed by atoms with van der Waals surface area (Å²) < 4.78 is 0. The Bertz CT molecular complexity index is 284. The molecule has 0 radical (unpaired) electrons. The molecular formula is C6H4N2OS. The average molecular weight is 152 g/mol. The predicted octanol–water partition coefficient (Wildman–Crippen LogP) is 1.43. The van der Waals surface area contributed by atoms with Crippen molar-refractivity contribution in [3.63, 3.8) is 0 Å². The summed E-state index contributed by atoms with van der Waals surface area (Å²) >= 11 is 1.37. The maximum atomic E-state index is 8.45. The largest absolute Gasteiger partial charge is 0.411 e. The fourth-order valence-corrected chi connectivity index (χ4v) is 1.27. The first-order chi connectivity index (χ1) is 4.88. The molecule has 0 fully saturated rings. The van der Waals surface area contributed by atoms with Crippen LogP contribution in [0.2, 0.25) is 0 Å². The van der Waals surface area contributed by atoms with E-state index in [4.69, 9.17) is 10.5 Å². The molecule has 0 aromatic carbocycles. The predicted molar refractivity (Wildman–Crippen MR) is 38.4 cm³/mol. The van der Waals surface area contributed by atoms with Crippen molar-refractivity contribution < 1.29 is 5.21 Å². The van der Waals surface area contributed by atoms with Gasteiger partial charge in [-0.15, -0.1) is 11.3 Å². The van der Waals surface area contributed by atoms with Crippen LogP contribution in [0.3, 0.4) is 0 Å². The number of oxime groups is 1. The number of hydrogen-bond acceptors (Lipinski definition) is 4. The molecule has 1 heterocycles. The fourth-order valence-electron chi connectivity index (χ4n) is 0.566. The van der Waals surface area contributed by atoms with Gasteiger partial charge < -0.3 is 5.21 Å². The van der Waals surface area contributed by atoms with Crippen LogP contribution in [0.1, 0.15) is 10.4 Å². The van der Waals surface area contributed by atoms with Crippen molar-refractivity contribution in [3.05, 3.63) is 21.9 Å². The molecule has 0 aliphatic carbocycles. The van der Waals surface area contributed by atoms with E-state index in [2.05, 4.69) is 5.16 Å². The molecule has 1 aromatic heterocycles. The van der Waals surface area contributed by atoms with Crippen molar-refractivity contribution in [1.82, 2.24) is 0 Å². The molecule has 1 rings (SSSR count). The second kappa shape index (κ2) is 2.99. The van der Waals surface area contributed by atoms with Crippen molar-refractivity contribution in [2.75, 3.05) is 0 Å². The maximum Gasteiger partial charge on any atom is 0.101 e. The molecule has 0 unspecified atom stereocenters. The van der Waals surface area contributed by atoms with Crippen molar-refractivity contribution in [3.8, 4) is 6.07 Å². The van der Waals surface area contributed by atoms with E-state index in [1.165, 1.54) is 17.6 Å². The van der Waals surface area contributed by atoms with Gasteiger partial charge in [-0.25, -0.2) is 0 Å². The molecule has 1 N–H and O–H groups in total. The Balaban J connectivity index is 3.04. The van der Waals surface area contributed by atoms with Crippen LogP contribution in [0.5, 0.6) is 0 Å². The minimum absolute atomic E-state index is 0.544. The van der Waals surface area contributed by atoms with E-state index in [9.17, 15) is 0 Å². The van der Waals surface area contributed by atoms with Crippen molar-refractivity contribution in [1.29, 1.82) is 5.26 Å². The highest BCUT2D eigenvalue weighted by Gasteiger charge is 1.98. The molecule has 0 atom stereocenters. The van der Waals surface area contributed by atoms with Gasteiger partial charge in [-0.05, 0) is 11.4 Å². The Morgan fingerprint density at radius 3 is 3.20 bits per heavy atom. The zero-order valence-corrected chi connectivity index (χ0v) is 5.80. The van der Waals surface area contributed by atoms with Crippen molar-refractivity contribution in [2.45, 2.75) is 0 Å². The summed E-state index contributed by atoms with van der Waals surface area (Å²) in [4.78, 5) is 0.685. The van der Waals surface area contributed by atoms with Crippen LogP contribution in [0.15, 0.2) is 16.6 Å². The first-order valence-corrected chi connectivity index (χ1v) is 3.41. The highest BCUT2D eigenvalue weighted by molar-refractivity contribution is 7.12. The summed E-state index contributed by atoms with van der Waals surface area (Å²) in [7, 11) is 0. The summed E-state index contributed by atoms with van der Waals surface area (Å²) in [6, 6.07) is 3.65. The average Bonchev–Trinajstić information content (AvgIpc) is 2.36. The molecule has 0 bridgehead atoms. The monoisotopic (exact) mass is 152 g/mol. The van der Waals surface area contributed by atoms with E-state index in [-0.39, 0.29) is 0 Å². The Kier molecular flexibility index (Phi) is 2.03. The summed E-state index contributed by atoms with van der Waals surface area (Å²) in [6.45, 7) is 0. The third-order valence-corrected chi connectivity index (χ3v) is 1.84. The van der Waals surface area contributed by atoms with E-state index >= 15 is 0 Å². The standard InChI is InChI=1S/C6H4N2OS/c7-3-5-1-2-10-6(5)4-8-9/h1-2,4,9H/b8-4+. The van der Waals surface area contributed by atoms with E-state index in [1.807, 2.05) is 6.07 Å². The minimum atomic E-state index is 0.544. The Morgan fingerprint density at radius 1 is 1.80 bits per heavy atom. The van der Waals surface area contributed by atoms with Gasteiger partial charge in [0.05, 0.1) is 16.7 Å². The lowest BCUT2D eigenvalue weighted by Gasteiger charge is -1.80. The Morgan fingerprint density at radius 2 is 2.60 bits per heavy atom. The van der Waals surface area contributed by atoms with E-state index in [0.717, 1.165) is 0 Å². The quantitative estimate of drug-likeness (QED) is 0.376. The van der Waals surface area contributed by atoms with Crippen LogP contribution in [0.4, 0.5) is 0 Å². The number of rotatable bonds is 1. The van der Waals surface area contributed by atoms with E-state index < -0.39 is 0 Å².